The molecule has 2 unspecified atom stereocenters. The Hall–Kier alpha value is -1.46. The van der Waals surface area contributed by atoms with Crippen molar-refractivity contribution in [3.05, 3.63) is 30.1 Å². The Kier molecular flexibility index (Phi) is 4.97. The molecule has 2 atom stereocenters. The maximum absolute atomic E-state index is 12.4. The second kappa shape index (κ2) is 6.97. The number of aromatic nitrogens is 1. The molecule has 1 saturated heterocycles. The third-order valence-corrected chi connectivity index (χ3v) is 5.30. The molecule has 1 aromatic rings. The van der Waals surface area contributed by atoms with Gasteiger partial charge in [-0.15, -0.1) is 0 Å². The Balaban J connectivity index is 1.54. The molecule has 2 fully saturated rings. The third kappa shape index (κ3) is 3.72. The summed E-state index contributed by atoms with van der Waals surface area (Å²) in [7, 11) is 0. The van der Waals surface area contributed by atoms with Crippen LogP contribution in [0.5, 0.6) is 0 Å². The van der Waals surface area contributed by atoms with E-state index in [2.05, 4.69) is 10.3 Å². The molecule has 0 radical (unpaired) electrons. The van der Waals surface area contributed by atoms with Crippen molar-refractivity contribution in [1.29, 1.82) is 0 Å². The van der Waals surface area contributed by atoms with E-state index in [0.29, 0.717) is 12.8 Å². The molecule has 1 saturated carbocycles. The highest BCUT2D eigenvalue weighted by molar-refractivity contribution is 5.79. The van der Waals surface area contributed by atoms with Crippen LogP contribution in [-0.2, 0) is 15.1 Å². The fourth-order valence-corrected chi connectivity index (χ4v) is 3.74. The summed E-state index contributed by atoms with van der Waals surface area (Å²) in [6.45, 7) is 2.73. The molecule has 1 aromatic heterocycles. The zero-order valence-electron chi connectivity index (χ0n) is 13.7. The molecule has 5 nitrogen and oxygen atoms in total. The Morgan fingerprint density at radius 3 is 2.83 bits per heavy atom. The van der Waals surface area contributed by atoms with Crippen LogP contribution < -0.4 is 5.32 Å². The third-order valence-electron chi connectivity index (χ3n) is 5.30. The molecule has 126 valence electrons. The molecule has 1 aliphatic heterocycles. The van der Waals surface area contributed by atoms with Crippen LogP contribution in [0.25, 0.3) is 0 Å². The molecule has 3 rings (SSSR count). The zero-order chi connectivity index (χ0) is 16.3. The number of nitrogens with one attached hydrogen (secondary N) is 1. The first kappa shape index (κ1) is 16.4. The molecule has 0 spiro atoms. The van der Waals surface area contributed by atoms with Crippen molar-refractivity contribution in [2.24, 2.45) is 5.92 Å². The summed E-state index contributed by atoms with van der Waals surface area (Å²) in [5.74, 6) is 0.0666. The van der Waals surface area contributed by atoms with Gasteiger partial charge in [0.15, 0.2) is 0 Å². The highest BCUT2D eigenvalue weighted by atomic mass is 16.5. The van der Waals surface area contributed by atoms with Crippen LogP contribution in [0, 0.1) is 5.92 Å². The Bertz CT molecular complexity index is 526. The van der Waals surface area contributed by atoms with E-state index in [9.17, 15) is 9.90 Å². The monoisotopic (exact) mass is 318 g/mol. The minimum absolute atomic E-state index is 0.000309. The van der Waals surface area contributed by atoms with Crippen LogP contribution >= 0.6 is 0 Å². The number of hydrogen-bond acceptors (Lipinski definition) is 4. The maximum atomic E-state index is 12.4. The minimum atomic E-state index is -0.809. The van der Waals surface area contributed by atoms with Crippen molar-refractivity contribution < 1.29 is 14.6 Å². The fraction of sp³-hybridized carbons (Fsp3) is 0.667. The lowest BCUT2D eigenvalue weighted by Gasteiger charge is -2.37. The summed E-state index contributed by atoms with van der Waals surface area (Å²) in [6, 6.07) is 3.92. The minimum Gasteiger partial charge on any atom is -0.385 e. The predicted octanol–water partition coefficient (Wildman–Crippen LogP) is 2.14. The van der Waals surface area contributed by atoms with Gasteiger partial charge >= 0.3 is 0 Å². The lowest BCUT2D eigenvalue weighted by atomic mass is 9.78. The van der Waals surface area contributed by atoms with Crippen molar-refractivity contribution in [3.8, 4) is 0 Å². The van der Waals surface area contributed by atoms with Crippen LogP contribution in [0.4, 0.5) is 0 Å². The van der Waals surface area contributed by atoms with Crippen molar-refractivity contribution in [2.75, 3.05) is 6.61 Å². The Morgan fingerprint density at radius 2 is 2.17 bits per heavy atom. The molecule has 2 aliphatic rings. The van der Waals surface area contributed by atoms with E-state index in [1.54, 1.807) is 12.4 Å². The number of ether oxygens (including phenoxy) is 1. The molecule has 2 N–H and O–H groups in total. The number of hydrogen-bond donors (Lipinski definition) is 2. The summed E-state index contributed by atoms with van der Waals surface area (Å²) in [6.07, 6.45) is 8.19. The largest absolute Gasteiger partial charge is 0.385 e. The lowest BCUT2D eigenvalue weighted by Crippen LogP contribution is -2.47. The molecule has 2 heterocycles. The van der Waals surface area contributed by atoms with E-state index in [1.807, 2.05) is 19.1 Å². The number of carbonyl (C=O) groups excluding carboxylic acids is 1. The second-order valence-electron chi connectivity index (χ2n) is 6.88. The van der Waals surface area contributed by atoms with Crippen molar-refractivity contribution in [3.63, 3.8) is 0 Å². The van der Waals surface area contributed by atoms with Gasteiger partial charge in [-0.05, 0) is 51.5 Å². The number of nitrogens with zero attached hydrogens (tertiary/aromatic N) is 1. The SMILES string of the molecule is CC1OCCCC1C(=O)NC1CCC(O)(c2cccnc2)CC1. The molecule has 5 heteroatoms. The lowest BCUT2D eigenvalue weighted by molar-refractivity contribution is -0.134. The van der Waals surface area contributed by atoms with Gasteiger partial charge in [-0.1, -0.05) is 6.07 Å². The summed E-state index contributed by atoms with van der Waals surface area (Å²) in [5, 5.41) is 14.0. The fourth-order valence-electron chi connectivity index (χ4n) is 3.74. The van der Waals surface area contributed by atoms with E-state index in [0.717, 1.165) is 37.9 Å². The van der Waals surface area contributed by atoms with E-state index < -0.39 is 5.60 Å². The van der Waals surface area contributed by atoms with Crippen LogP contribution in [-0.4, -0.2) is 34.8 Å². The first-order chi connectivity index (χ1) is 11.1. The van der Waals surface area contributed by atoms with Crippen LogP contribution in [0.1, 0.15) is 51.0 Å². The van der Waals surface area contributed by atoms with Crippen LogP contribution in [0.2, 0.25) is 0 Å². The van der Waals surface area contributed by atoms with Gasteiger partial charge in [0.25, 0.3) is 0 Å². The normalized spacial score (nSPS) is 34.8. The molecular weight excluding hydrogens is 292 g/mol. The summed E-state index contributed by atoms with van der Waals surface area (Å²) in [5.41, 5.74) is 0.0653. The van der Waals surface area contributed by atoms with Gasteiger partial charge in [0.05, 0.1) is 17.6 Å². The van der Waals surface area contributed by atoms with E-state index >= 15 is 0 Å². The van der Waals surface area contributed by atoms with Crippen molar-refractivity contribution in [2.45, 2.75) is 63.2 Å². The summed E-state index contributed by atoms with van der Waals surface area (Å²) in [4.78, 5) is 16.5. The maximum Gasteiger partial charge on any atom is 0.225 e. The highest BCUT2D eigenvalue weighted by Gasteiger charge is 2.37. The number of rotatable bonds is 3. The summed E-state index contributed by atoms with van der Waals surface area (Å²) >= 11 is 0. The molecule has 23 heavy (non-hydrogen) atoms. The van der Waals surface area contributed by atoms with E-state index in [-0.39, 0.29) is 24.0 Å². The average molecular weight is 318 g/mol. The van der Waals surface area contributed by atoms with Gasteiger partial charge in [-0.25, -0.2) is 0 Å². The molecule has 1 amide bonds. The van der Waals surface area contributed by atoms with Gasteiger partial charge in [0.2, 0.25) is 5.91 Å². The number of carbonyl (C=O) groups is 1. The first-order valence-electron chi connectivity index (χ1n) is 8.63. The molecule has 0 bridgehead atoms. The molecule has 1 aliphatic carbocycles. The second-order valence-corrected chi connectivity index (χ2v) is 6.88. The number of amides is 1. The van der Waals surface area contributed by atoms with Crippen LogP contribution in [0.3, 0.4) is 0 Å². The Morgan fingerprint density at radius 1 is 1.39 bits per heavy atom. The van der Waals surface area contributed by atoms with Gasteiger partial charge in [0.1, 0.15) is 0 Å². The quantitative estimate of drug-likeness (QED) is 0.896. The van der Waals surface area contributed by atoms with E-state index in [1.165, 1.54) is 0 Å². The standard InChI is InChI=1S/C18H26N2O3/c1-13-16(5-3-11-23-13)17(21)20-15-6-8-18(22,9-7-15)14-4-2-10-19-12-14/h2,4,10,12-13,15-16,22H,3,5-9,11H2,1H3,(H,20,21). The van der Waals surface area contributed by atoms with Crippen LogP contribution in [0.15, 0.2) is 24.5 Å². The topological polar surface area (TPSA) is 71.5 Å². The zero-order valence-corrected chi connectivity index (χ0v) is 13.7. The average Bonchev–Trinajstić information content (AvgIpc) is 2.58. The number of aliphatic hydroxyl groups is 1. The first-order valence-corrected chi connectivity index (χ1v) is 8.63. The van der Waals surface area contributed by atoms with Crippen molar-refractivity contribution >= 4 is 5.91 Å². The van der Waals surface area contributed by atoms with Gasteiger partial charge in [-0.2, -0.15) is 0 Å². The number of pyridine rings is 1. The summed E-state index contributed by atoms with van der Waals surface area (Å²) < 4.78 is 5.58. The van der Waals surface area contributed by atoms with Crippen molar-refractivity contribution in [1.82, 2.24) is 10.3 Å². The van der Waals surface area contributed by atoms with E-state index in [4.69, 9.17) is 4.74 Å². The molecular formula is C18H26N2O3. The molecule has 0 aromatic carbocycles. The smallest absolute Gasteiger partial charge is 0.225 e. The van der Waals surface area contributed by atoms with Gasteiger partial charge in [-0.3, -0.25) is 9.78 Å². The highest BCUT2D eigenvalue weighted by Crippen LogP contribution is 2.36. The van der Waals surface area contributed by atoms with Gasteiger partial charge in [0, 0.05) is 30.6 Å². The Labute approximate surface area is 137 Å². The predicted molar refractivity (Wildman–Crippen MR) is 86.7 cm³/mol. The van der Waals surface area contributed by atoms with Gasteiger partial charge < -0.3 is 15.2 Å².